The SMILES string of the molecule is CCCCNC(=O)CCNS(=O)(=O)c1ccc(F)cc1. The van der Waals surface area contributed by atoms with Crippen molar-refractivity contribution < 1.29 is 17.6 Å². The maximum atomic E-state index is 12.7. The highest BCUT2D eigenvalue weighted by Crippen LogP contribution is 2.09. The molecule has 0 bridgehead atoms. The zero-order chi connectivity index (χ0) is 15.0. The second-order valence-corrected chi connectivity index (χ2v) is 6.07. The molecule has 0 aromatic heterocycles. The molecule has 1 amide bonds. The Morgan fingerprint density at radius 2 is 1.85 bits per heavy atom. The van der Waals surface area contributed by atoms with E-state index in [1.165, 1.54) is 12.1 Å². The lowest BCUT2D eigenvalue weighted by molar-refractivity contribution is -0.120. The summed E-state index contributed by atoms with van der Waals surface area (Å²) in [6, 6.07) is 4.51. The fourth-order valence-corrected chi connectivity index (χ4v) is 2.52. The van der Waals surface area contributed by atoms with Crippen LogP contribution in [-0.2, 0) is 14.8 Å². The Morgan fingerprint density at radius 1 is 1.20 bits per heavy atom. The molecule has 20 heavy (non-hydrogen) atoms. The molecule has 0 saturated heterocycles. The van der Waals surface area contributed by atoms with E-state index in [9.17, 15) is 17.6 Å². The van der Waals surface area contributed by atoms with E-state index in [0.29, 0.717) is 6.54 Å². The first-order chi connectivity index (χ1) is 9.45. The molecular formula is C13H19FN2O3S. The average Bonchev–Trinajstić information content (AvgIpc) is 2.39. The zero-order valence-corrected chi connectivity index (χ0v) is 12.2. The molecule has 7 heteroatoms. The van der Waals surface area contributed by atoms with Crippen LogP contribution in [0.15, 0.2) is 29.2 Å². The number of carbonyl (C=O) groups excluding carboxylic acids is 1. The van der Waals surface area contributed by atoms with Gasteiger partial charge in [-0.25, -0.2) is 17.5 Å². The van der Waals surface area contributed by atoms with E-state index in [1.807, 2.05) is 6.92 Å². The highest BCUT2D eigenvalue weighted by atomic mass is 32.2. The summed E-state index contributed by atoms with van der Waals surface area (Å²) in [5.41, 5.74) is 0. The van der Waals surface area contributed by atoms with Crippen LogP contribution in [0.3, 0.4) is 0 Å². The standard InChI is InChI=1S/C13H19FN2O3S/c1-2-3-9-15-13(17)8-10-16-20(18,19)12-6-4-11(14)5-7-12/h4-7,16H,2-3,8-10H2,1H3,(H,15,17). The first-order valence-electron chi connectivity index (χ1n) is 6.47. The molecule has 0 aliphatic carbocycles. The molecule has 0 aliphatic rings. The Balaban J connectivity index is 2.40. The van der Waals surface area contributed by atoms with Gasteiger partial charge in [-0.1, -0.05) is 13.3 Å². The lowest BCUT2D eigenvalue weighted by Crippen LogP contribution is -2.31. The maximum absolute atomic E-state index is 12.7. The summed E-state index contributed by atoms with van der Waals surface area (Å²) in [5.74, 6) is -0.695. The van der Waals surface area contributed by atoms with Gasteiger partial charge in [-0.05, 0) is 30.7 Å². The van der Waals surface area contributed by atoms with Crippen molar-refractivity contribution in [1.29, 1.82) is 0 Å². The van der Waals surface area contributed by atoms with Crippen molar-refractivity contribution in [3.05, 3.63) is 30.1 Å². The number of sulfonamides is 1. The summed E-state index contributed by atoms with van der Waals surface area (Å²) in [6.07, 6.45) is 1.95. The van der Waals surface area contributed by atoms with Crippen LogP contribution < -0.4 is 10.0 Å². The number of hydrogen-bond acceptors (Lipinski definition) is 3. The van der Waals surface area contributed by atoms with Crippen molar-refractivity contribution in [2.45, 2.75) is 31.1 Å². The van der Waals surface area contributed by atoms with Crippen molar-refractivity contribution in [1.82, 2.24) is 10.0 Å². The predicted octanol–water partition coefficient (Wildman–Crippen LogP) is 1.41. The van der Waals surface area contributed by atoms with Crippen molar-refractivity contribution in [3.63, 3.8) is 0 Å². The normalized spacial score (nSPS) is 11.3. The monoisotopic (exact) mass is 302 g/mol. The first-order valence-corrected chi connectivity index (χ1v) is 7.96. The number of benzene rings is 1. The van der Waals surface area contributed by atoms with Gasteiger partial charge in [0.25, 0.3) is 0 Å². The van der Waals surface area contributed by atoms with E-state index >= 15 is 0 Å². The van der Waals surface area contributed by atoms with Crippen LogP contribution in [0.1, 0.15) is 26.2 Å². The van der Waals surface area contributed by atoms with E-state index < -0.39 is 15.8 Å². The van der Waals surface area contributed by atoms with Crippen LogP contribution >= 0.6 is 0 Å². The topological polar surface area (TPSA) is 75.3 Å². The summed E-state index contributed by atoms with van der Waals surface area (Å²) >= 11 is 0. The third-order valence-corrected chi connectivity index (χ3v) is 4.10. The van der Waals surface area contributed by atoms with Gasteiger partial charge in [0.05, 0.1) is 4.90 Å². The van der Waals surface area contributed by atoms with Gasteiger partial charge >= 0.3 is 0 Å². The van der Waals surface area contributed by atoms with Crippen LogP contribution in [0.5, 0.6) is 0 Å². The molecule has 1 rings (SSSR count). The van der Waals surface area contributed by atoms with Crippen molar-refractivity contribution in [2.24, 2.45) is 0 Å². The highest BCUT2D eigenvalue weighted by Gasteiger charge is 2.13. The van der Waals surface area contributed by atoms with Crippen molar-refractivity contribution in [3.8, 4) is 0 Å². The van der Waals surface area contributed by atoms with Gasteiger partial charge in [0.1, 0.15) is 5.82 Å². The van der Waals surface area contributed by atoms with Crippen LogP contribution in [0, 0.1) is 5.82 Å². The number of carbonyl (C=O) groups is 1. The van der Waals surface area contributed by atoms with Gasteiger partial charge in [-0.2, -0.15) is 0 Å². The Hall–Kier alpha value is -1.47. The summed E-state index contributed by atoms with van der Waals surface area (Å²) in [6.45, 7) is 2.63. The Kier molecular flexibility index (Phi) is 6.60. The van der Waals surface area contributed by atoms with Gasteiger partial charge in [-0.15, -0.1) is 0 Å². The first kappa shape index (κ1) is 16.6. The van der Waals surface area contributed by atoms with Crippen LogP contribution in [0.4, 0.5) is 4.39 Å². The minimum absolute atomic E-state index is 0.0116. The molecule has 1 aromatic rings. The van der Waals surface area contributed by atoms with Crippen LogP contribution in [0.25, 0.3) is 0 Å². The van der Waals surface area contributed by atoms with Gasteiger partial charge < -0.3 is 5.32 Å². The van der Waals surface area contributed by atoms with Crippen molar-refractivity contribution >= 4 is 15.9 Å². The quantitative estimate of drug-likeness (QED) is 0.713. The number of halogens is 1. The van der Waals surface area contributed by atoms with Gasteiger partial charge in [0.2, 0.25) is 15.9 Å². The summed E-state index contributed by atoms with van der Waals surface area (Å²) in [5, 5.41) is 2.69. The van der Waals surface area contributed by atoms with E-state index in [2.05, 4.69) is 10.0 Å². The van der Waals surface area contributed by atoms with Gasteiger partial charge in [0.15, 0.2) is 0 Å². The van der Waals surface area contributed by atoms with Crippen LogP contribution in [-0.4, -0.2) is 27.4 Å². The molecule has 0 unspecified atom stereocenters. The molecular weight excluding hydrogens is 283 g/mol. The van der Waals surface area contributed by atoms with Gasteiger partial charge in [0, 0.05) is 19.5 Å². The molecule has 0 radical (unpaired) electrons. The largest absolute Gasteiger partial charge is 0.356 e. The summed E-state index contributed by atoms with van der Waals surface area (Å²) < 4.78 is 38.7. The minimum Gasteiger partial charge on any atom is -0.356 e. The second kappa shape index (κ2) is 7.96. The van der Waals surface area contributed by atoms with E-state index in [1.54, 1.807) is 0 Å². The van der Waals surface area contributed by atoms with Crippen molar-refractivity contribution in [2.75, 3.05) is 13.1 Å². The molecule has 0 aliphatic heterocycles. The molecule has 0 saturated carbocycles. The number of rotatable bonds is 8. The lowest BCUT2D eigenvalue weighted by atomic mass is 10.3. The maximum Gasteiger partial charge on any atom is 0.240 e. The second-order valence-electron chi connectivity index (χ2n) is 4.31. The molecule has 5 nitrogen and oxygen atoms in total. The fraction of sp³-hybridized carbons (Fsp3) is 0.462. The average molecular weight is 302 g/mol. The number of unbranched alkanes of at least 4 members (excludes halogenated alkanes) is 1. The molecule has 112 valence electrons. The minimum atomic E-state index is -3.69. The predicted molar refractivity (Wildman–Crippen MR) is 74.1 cm³/mol. The summed E-state index contributed by atoms with van der Waals surface area (Å²) in [7, 11) is -3.69. The lowest BCUT2D eigenvalue weighted by Gasteiger charge is -2.07. The zero-order valence-electron chi connectivity index (χ0n) is 11.4. The number of amides is 1. The third kappa shape index (κ3) is 5.66. The van der Waals surface area contributed by atoms with Gasteiger partial charge in [-0.3, -0.25) is 4.79 Å². The van der Waals surface area contributed by atoms with E-state index in [-0.39, 0.29) is 23.8 Å². The number of hydrogen-bond donors (Lipinski definition) is 2. The van der Waals surface area contributed by atoms with E-state index in [0.717, 1.165) is 25.0 Å². The van der Waals surface area contributed by atoms with Crippen LogP contribution in [0.2, 0.25) is 0 Å². The summed E-state index contributed by atoms with van der Waals surface area (Å²) in [4.78, 5) is 11.4. The fourth-order valence-electron chi connectivity index (χ4n) is 1.49. The Bertz CT molecular complexity index is 529. The molecule has 0 fully saturated rings. The molecule has 1 aromatic carbocycles. The Labute approximate surface area is 118 Å². The molecule has 2 N–H and O–H groups in total. The highest BCUT2D eigenvalue weighted by molar-refractivity contribution is 7.89. The molecule has 0 atom stereocenters. The molecule has 0 spiro atoms. The third-order valence-electron chi connectivity index (χ3n) is 2.62. The number of nitrogens with one attached hydrogen (secondary N) is 2. The smallest absolute Gasteiger partial charge is 0.240 e. The van der Waals surface area contributed by atoms with E-state index in [4.69, 9.17) is 0 Å². The molecule has 0 heterocycles. The Morgan fingerprint density at radius 3 is 2.45 bits per heavy atom.